The first-order valence-corrected chi connectivity index (χ1v) is 7.67. The molecule has 0 fully saturated rings. The van der Waals surface area contributed by atoms with Crippen LogP contribution < -0.4 is 5.32 Å². The summed E-state index contributed by atoms with van der Waals surface area (Å²) in [5.41, 5.74) is 2.20. The van der Waals surface area contributed by atoms with E-state index in [1.165, 1.54) is 12.1 Å². The van der Waals surface area contributed by atoms with E-state index >= 15 is 0 Å². The van der Waals surface area contributed by atoms with Crippen molar-refractivity contribution < 1.29 is 13.7 Å². The number of benzene rings is 2. The lowest BCUT2D eigenvalue weighted by Gasteiger charge is -2.06. The van der Waals surface area contributed by atoms with Crippen molar-refractivity contribution in [2.45, 2.75) is 13.5 Å². The molecule has 0 atom stereocenters. The van der Waals surface area contributed by atoms with Crippen LogP contribution in [0.4, 0.5) is 4.39 Å². The van der Waals surface area contributed by atoms with Crippen molar-refractivity contribution in [1.29, 1.82) is 0 Å². The van der Waals surface area contributed by atoms with Crippen molar-refractivity contribution in [3.8, 4) is 11.3 Å². The monoisotopic (exact) mass is 344 g/mol. The molecule has 1 heterocycles. The lowest BCUT2D eigenvalue weighted by molar-refractivity contribution is 0.0950. The summed E-state index contributed by atoms with van der Waals surface area (Å²) in [6.07, 6.45) is 0. The molecule has 3 aromatic rings. The number of aryl methyl sites for hydroxylation is 1. The minimum Gasteiger partial charge on any atom is -0.360 e. The first-order chi connectivity index (χ1) is 11.5. The minimum absolute atomic E-state index is 0.210. The molecular weight excluding hydrogens is 331 g/mol. The fraction of sp³-hybridized carbons (Fsp3) is 0.111. The van der Waals surface area contributed by atoms with Crippen LogP contribution in [0.25, 0.3) is 11.3 Å². The molecular formula is C18H14ClFN2O2. The van der Waals surface area contributed by atoms with E-state index in [4.69, 9.17) is 16.1 Å². The lowest BCUT2D eigenvalue weighted by Crippen LogP contribution is -2.23. The highest BCUT2D eigenvalue weighted by molar-refractivity contribution is 6.30. The van der Waals surface area contributed by atoms with Gasteiger partial charge in [0.1, 0.15) is 22.8 Å². The van der Waals surface area contributed by atoms with Gasteiger partial charge in [0, 0.05) is 17.1 Å². The maximum absolute atomic E-state index is 13.2. The Morgan fingerprint density at radius 1 is 1.25 bits per heavy atom. The number of rotatable bonds is 4. The lowest BCUT2D eigenvalue weighted by atomic mass is 10.1. The van der Waals surface area contributed by atoms with Crippen LogP contribution in [0.1, 0.15) is 21.7 Å². The highest BCUT2D eigenvalue weighted by Crippen LogP contribution is 2.26. The summed E-state index contributed by atoms with van der Waals surface area (Å²) < 4.78 is 18.4. The third-order valence-electron chi connectivity index (χ3n) is 3.55. The van der Waals surface area contributed by atoms with Gasteiger partial charge in [-0.15, -0.1) is 0 Å². The molecule has 0 radical (unpaired) electrons. The molecule has 6 heteroatoms. The van der Waals surface area contributed by atoms with Crippen LogP contribution in [-0.2, 0) is 6.54 Å². The van der Waals surface area contributed by atoms with E-state index in [-0.39, 0.29) is 18.3 Å². The molecule has 0 aliphatic heterocycles. The van der Waals surface area contributed by atoms with Crippen molar-refractivity contribution in [3.05, 3.63) is 76.3 Å². The number of hydrogen-bond acceptors (Lipinski definition) is 3. The summed E-state index contributed by atoms with van der Waals surface area (Å²) in [4.78, 5) is 12.5. The molecule has 122 valence electrons. The maximum Gasteiger partial charge on any atom is 0.257 e. The van der Waals surface area contributed by atoms with E-state index in [1.54, 1.807) is 43.3 Å². The van der Waals surface area contributed by atoms with E-state index < -0.39 is 0 Å². The predicted octanol–water partition coefficient (Wildman–Crippen LogP) is 4.37. The standard InChI is InChI=1S/C18H14ClFN2O2/c1-11-16(17(22-24-11)13-5-7-14(19)8-6-13)18(23)21-10-12-3-2-4-15(20)9-12/h2-9H,10H2,1H3,(H,21,23). The molecule has 0 saturated heterocycles. The number of halogens is 2. The number of amides is 1. The van der Waals surface area contributed by atoms with Gasteiger partial charge < -0.3 is 9.84 Å². The Bertz CT molecular complexity index is 875. The van der Waals surface area contributed by atoms with Gasteiger partial charge in [-0.25, -0.2) is 4.39 Å². The molecule has 4 nitrogen and oxygen atoms in total. The summed E-state index contributed by atoms with van der Waals surface area (Å²) in [5, 5.41) is 7.32. The van der Waals surface area contributed by atoms with Crippen molar-refractivity contribution in [2.75, 3.05) is 0 Å². The second-order valence-electron chi connectivity index (χ2n) is 5.28. The van der Waals surface area contributed by atoms with E-state index in [0.717, 1.165) is 5.56 Å². The molecule has 0 bridgehead atoms. The fourth-order valence-corrected chi connectivity index (χ4v) is 2.49. The zero-order valence-corrected chi connectivity index (χ0v) is 13.6. The Balaban J connectivity index is 1.82. The Hall–Kier alpha value is -2.66. The molecule has 3 rings (SSSR count). The summed E-state index contributed by atoms with van der Waals surface area (Å²) in [6, 6.07) is 13.0. The molecule has 1 aromatic heterocycles. The van der Waals surface area contributed by atoms with Gasteiger partial charge in [-0.3, -0.25) is 4.79 Å². The molecule has 0 spiro atoms. The fourth-order valence-electron chi connectivity index (χ4n) is 2.36. The number of nitrogens with zero attached hydrogens (tertiary/aromatic N) is 1. The van der Waals surface area contributed by atoms with Crippen LogP contribution in [0, 0.1) is 12.7 Å². The molecule has 2 aromatic carbocycles. The van der Waals surface area contributed by atoms with Crippen molar-refractivity contribution >= 4 is 17.5 Å². The normalized spacial score (nSPS) is 10.6. The molecule has 0 saturated carbocycles. The number of carbonyl (C=O) groups excluding carboxylic acids is 1. The van der Waals surface area contributed by atoms with E-state index in [1.807, 2.05) is 0 Å². The summed E-state index contributed by atoms with van der Waals surface area (Å²) in [6.45, 7) is 1.88. The third kappa shape index (κ3) is 3.46. The largest absolute Gasteiger partial charge is 0.360 e. The van der Waals surface area contributed by atoms with Gasteiger partial charge in [0.25, 0.3) is 5.91 Å². The quantitative estimate of drug-likeness (QED) is 0.764. The predicted molar refractivity (Wildman–Crippen MR) is 89.3 cm³/mol. The summed E-state index contributed by atoms with van der Waals surface area (Å²) in [5.74, 6) is -0.260. The number of hydrogen-bond donors (Lipinski definition) is 1. The molecule has 0 unspecified atom stereocenters. The molecule has 24 heavy (non-hydrogen) atoms. The second-order valence-corrected chi connectivity index (χ2v) is 5.72. The SMILES string of the molecule is Cc1onc(-c2ccc(Cl)cc2)c1C(=O)NCc1cccc(F)c1. The van der Waals surface area contributed by atoms with Gasteiger partial charge in [0.2, 0.25) is 0 Å². The maximum atomic E-state index is 13.2. The number of nitrogens with one attached hydrogen (secondary N) is 1. The van der Waals surface area contributed by atoms with Gasteiger partial charge in [-0.1, -0.05) is 41.0 Å². The topological polar surface area (TPSA) is 55.1 Å². The van der Waals surface area contributed by atoms with Gasteiger partial charge in [0.15, 0.2) is 0 Å². The Labute approximate surface area is 143 Å². The zero-order chi connectivity index (χ0) is 17.1. The van der Waals surface area contributed by atoms with E-state index in [2.05, 4.69) is 10.5 Å². The van der Waals surface area contributed by atoms with Crippen LogP contribution in [0.15, 0.2) is 53.1 Å². The summed E-state index contributed by atoms with van der Waals surface area (Å²) in [7, 11) is 0. The zero-order valence-electron chi connectivity index (χ0n) is 12.8. The smallest absolute Gasteiger partial charge is 0.257 e. The third-order valence-corrected chi connectivity index (χ3v) is 3.80. The van der Waals surface area contributed by atoms with Gasteiger partial charge >= 0.3 is 0 Å². The van der Waals surface area contributed by atoms with Crippen LogP contribution in [0.3, 0.4) is 0 Å². The minimum atomic E-state index is -0.343. The van der Waals surface area contributed by atoms with Gasteiger partial charge in [0.05, 0.1) is 0 Å². The van der Waals surface area contributed by atoms with Crippen LogP contribution in [0.2, 0.25) is 5.02 Å². The summed E-state index contributed by atoms with van der Waals surface area (Å²) >= 11 is 5.88. The molecule has 0 aliphatic rings. The highest BCUT2D eigenvalue weighted by Gasteiger charge is 2.21. The first-order valence-electron chi connectivity index (χ1n) is 7.29. The van der Waals surface area contributed by atoms with Crippen LogP contribution in [-0.4, -0.2) is 11.1 Å². The molecule has 1 N–H and O–H groups in total. The Morgan fingerprint density at radius 3 is 2.71 bits per heavy atom. The van der Waals surface area contributed by atoms with Crippen molar-refractivity contribution in [2.24, 2.45) is 0 Å². The molecule has 1 amide bonds. The van der Waals surface area contributed by atoms with E-state index in [0.29, 0.717) is 27.6 Å². The number of aromatic nitrogens is 1. The Morgan fingerprint density at radius 2 is 2.00 bits per heavy atom. The van der Waals surface area contributed by atoms with Crippen LogP contribution in [0.5, 0.6) is 0 Å². The Kier molecular flexibility index (Phi) is 4.62. The van der Waals surface area contributed by atoms with Crippen molar-refractivity contribution in [1.82, 2.24) is 10.5 Å². The highest BCUT2D eigenvalue weighted by atomic mass is 35.5. The number of carbonyl (C=O) groups is 1. The molecule has 0 aliphatic carbocycles. The average Bonchev–Trinajstić information content (AvgIpc) is 2.95. The first kappa shape index (κ1) is 16.2. The van der Waals surface area contributed by atoms with Gasteiger partial charge in [-0.2, -0.15) is 0 Å². The van der Waals surface area contributed by atoms with E-state index in [9.17, 15) is 9.18 Å². The van der Waals surface area contributed by atoms with Crippen LogP contribution >= 0.6 is 11.6 Å². The van der Waals surface area contributed by atoms with Crippen molar-refractivity contribution in [3.63, 3.8) is 0 Å². The average molecular weight is 345 g/mol. The van der Waals surface area contributed by atoms with Gasteiger partial charge in [-0.05, 0) is 36.8 Å². The second kappa shape index (κ2) is 6.84.